The first kappa shape index (κ1) is 19.9. The Kier molecular flexibility index (Phi) is 5.18. The number of nitriles is 1. The Hall–Kier alpha value is -3.37. The van der Waals surface area contributed by atoms with Crippen molar-refractivity contribution >= 4 is 26.9 Å². The molecule has 0 amide bonds. The molecule has 3 aromatic rings. The summed E-state index contributed by atoms with van der Waals surface area (Å²) in [4.78, 5) is 3.59. The van der Waals surface area contributed by atoms with E-state index in [4.69, 9.17) is 6.57 Å². The first-order chi connectivity index (χ1) is 14.4. The Balaban J connectivity index is 1.79. The molecule has 3 aromatic heterocycles. The van der Waals surface area contributed by atoms with Gasteiger partial charge in [-0.25, -0.2) is 17.8 Å². The summed E-state index contributed by atoms with van der Waals surface area (Å²) in [5, 5.41) is 18.0. The molecule has 30 heavy (non-hydrogen) atoms. The molecule has 4 rings (SSSR count). The van der Waals surface area contributed by atoms with E-state index in [9.17, 15) is 13.7 Å². The second-order valence-corrected chi connectivity index (χ2v) is 9.38. The van der Waals surface area contributed by atoms with Gasteiger partial charge < -0.3 is 0 Å². The van der Waals surface area contributed by atoms with Gasteiger partial charge in [0.05, 0.1) is 61.2 Å². The van der Waals surface area contributed by atoms with Crippen molar-refractivity contribution < 1.29 is 8.42 Å². The largest absolute Gasteiger partial charge is 0.282 e. The van der Waals surface area contributed by atoms with E-state index in [-0.39, 0.29) is 6.04 Å². The minimum absolute atomic E-state index is 0.00902. The van der Waals surface area contributed by atoms with Gasteiger partial charge in [-0.3, -0.25) is 9.40 Å². The normalized spacial score (nSPS) is 15.7. The van der Waals surface area contributed by atoms with Crippen molar-refractivity contribution in [2.45, 2.75) is 38.1 Å². The lowest BCUT2D eigenvalue weighted by Gasteiger charge is -2.21. The van der Waals surface area contributed by atoms with Gasteiger partial charge in [0.1, 0.15) is 0 Å². The Morgan fingerprint density at radius 1 is 1.33 bits per heavy atom. The number of nitrogens with zero attached hydrogens (tertiary/aromatic N) is 6. The van der Waals surface area contributed by atoms with Crippen LogP contribution in [-0.4, -0.2) is 34.1 Å². The highest BCUT2D eigenvalue weighted by Gasteiger charge is 2.27. The molecule has 0 saturated heterocycles. The van der Waals surface area contributed by atoms with Crippen molar-refractivity contribution in [1.82, 2.24) is 19.4 Å². The molecule has 10 heteroatoms. The molecule has 1 aliphatic rings. The molecule has 1 atom stereocenters. The van der Waals surface area contributed by atoms with Crippen LogP contribution in [0.25, 0.3) is 21.5 Å². The summed E-state index contributed by atoms with van der Waals surface area (Å²) >= 11 is 0. The highest BCUT2D eigenvalue weighted by molar-refractivity contribution is 7.92. The van der Waals surface area contributed by atoms with E-state index in [1.165, 1.54) is 19.0 Å². The number of aromatic nitrogens is 4. The smallest absolute Gasteiger partial charge is 0.229 e. The standard InChI is InChI=1S/C20H21N7O2S/c1-22-17-11-24-27-13-16(25-30(2,28)29)9-19(27)20(17)15-10-23-26(12-15)18(7-8-21)14-5-3-4-6-14/h9-14,18,25H,3-7H2,2H3. The zero-order valence-electron chi connectivity index (χ0n) is 16.5. The van der Waals surface area contributed by atoms with E-state index in [2.05, 4.69) is 25.8 Å². The molecular weight excluding hydrogens is 402 g/mol. The first-order valence-corrected chi connectivity index (χ1v) is 11.6. The van der Waals surface area contributed by atoms with Gasteiger partial charge in [-0.1, -0.05) is 12.8 Å². The number of rotatable bonds is 6. The molecule has 0 aliphatic heterocycles. The van der Waals surface area contributed by atoms with Gasteiger partial charge in [-0.2, -0.15) is 15.5 Å². The van der Waals surface area contributed by atoms with Crippen LogP contribution in [0.2, 0.25) is 0 Å². The molecule has 1 saturated carbocycles. The fraction of sp³-hybridized carbons (Fsp3) is 0.400. The molecule has 0 radical (unpaired) electrons. The van der Waals surface area contributed by atoms with Crippen molar-refractivity contribution in [2.75, 3.05) is 11.0 Å². The van der Waals surface area contributed by atoms with E-state index in [0.717, 1.165) is 24.7 Å². The molecular formula is C20H21N7O2S. The highest BCUT2D eigenvalue weighted by Crippen LogP contribution is 2.39. The lowest BCUT2D eigenvalue weighted by Crippen LogP contribution is -2.17. The summed E-state index contributed by atoms with van der Waals surface area (Å²) in [6, 6.07) is 3.94. The van der Waals surface area contributed by atoms with E-state index >= 15 is 0 Å². The molecule has 9 nitrogen and oxygen atoms in total. The second-order valence-electron chi connectivity index (χ2n) is 7.63. The SMILES string of the molecule is [C-]#[N+]c1cnn2cc(NS(C)(=O)=O)cc2c1-c1cnn(C(CC#N)C2CCCC2)c1. The minimum Gasteiger partial charge on any atom is -0.282 e. The quantitative estimate of drug-likeness (QED) is 0.607. The van der Waals surface area contributed by atoms with Crippen LogP contribution >= 0.6 is 0 Å². The predicted octanol–water partition coefficient (Wildman–Crippen LogP) is 3.77. The minimum atomic E-state index is -3.44. The van der Waals surface area contributed by atoms with Crippen molar-refractivity contribution in [1.29, 1.82) is 5.26 Å². The molecule has 1 aliphatic carbocycles. The Labute approximate surface area is 174 Å². The lowest BCUT2D eigenvalue weighted by molar-refractivity contribution is 0.315. The molecule has 0 bridgehead atoms. The van der Waals surface area contributed by atoms with Crippen LogP contribution < -0.4 is 4.72 Å². The summed E-state index contributed by atoms with van der Waals surface area (Å²) in [6.07, 6.45) is 12.6. The Morgan fingerprint density at radius 2 is 2.10 bits per heavy atom. The zero-order valence-corrected chi connectivity index (χ0v) is 17.3. The van der Waals surface area contributed by atoms with Gasteiger partial charge in [0.25, 0.3) is 0 Å². The number of hydrogen-bond donors (Lipinski definition) is 1. The molecule has 1 N–H and O–H groups in total. The fourth-order valence-corrected chi connectivity index (χ4v) is 4.80. The van der Waals surface area contributed by atoms with E-state index in [0.29, 0.717) is 34.8 Å². The van der Waals surface area contributed by atoms with Crippen LogP contribution in [0.3, 0.4) is 0 Å². The lowest BCUT2D eigenvalue weighted by atomic mass is 9.96. The van der Waals surface area contributed by atoms with Gasteiger partial charge in [0.15, 0.2) is 0 Å². The van der Waals surface area contributed by atoms with E-state index in [1.54, 1.807) is 23.0 Å². The van der Waals surface area contributed by atoms with Crippen LogP contribution in [0, 0.1) is 23.8 Å². The number of hydrogen-bond acceptors (Lipinski definition) is 5. The average Bonchev–Trinajstić information content (AvgIpc) is 3.43. The van der Waals surface area contributed by atoms with Gasteiger partial charge in [0, 0.05) is 17.3 Å². The van der Waals surface area contributed by atoms with Crippen molar-refractivity contribution in [3.05, 3.63) is 42.3 Å². The monoisotopic (exact) mass is 423 g/mol. The van der Waals surface area contributed by atoms with Crippen LogP contribution in [0.4, 0.5) is 11.4 Å². The third-order valence-electron chi connectivity index (χ3n) is 5.52. The second kappa shape index (κ2) is 7.81. The molecule has 154 valence electrons. The van der Waals surface area contributed by atoms with Gasteiger partial charge in [-0.15, -0.1) is 0 Å². The third-order valence-corrected chi connectivity index (χ3v) is 6.12. The zero-order chi connectivity index (χ0) is 21.3. The maximum absolute atomic E-state index is 11.6. The summed E-state index contributed by atoms with van der Waals surface area (Å²) < 4.78 is 29.0. The van der Waals surface area contributed by atoms with Gasteiger partial charge >= 0.3 is 0 Å². The Bertz CT molecular complexity index is 1270. The molecule has 0 aromatic carbocycles. The summed E-state index contributed by atoms with van der Waals surface area (Å²) in [5.74, 6) is 0.425. The Morgan fingerprint density at radius 3 is 2.77 bits per heavy atom. The van der Waals surface area contributed by atoms with Crippen LogP contribution in [0.5, 0.6) is 0 Å². The number of sulfonamides is 1. The van der Waals surface area contributed by atoms with Crippen LogP contribution in [-0.2, 0) is 10.0 Å². The van der Waals surface area contributed by atoms with Crippen molar-refractivity contribution in [2.24, 2.45) is 5.92 Å². The molecule has 0 spiro atoms. The van der Waals surface area contributed by atoms with E-state index < -0.39 is 10.0 Å². The van der Waals surface area contributed by atoms with Gasteiger partial charge in [-0.05, 0) is 24.8 Å². The van der Waals surface area contributed by atoms with Crippen LogP contribution in [0.1, 0.15) is 38.1 Å². The summed E-state index contributed by atoms with van der Waals surface area (Å²) in [5.41, 5.74) is 2.69. The summed E-state index contributed by atoms with van der Waals surface area (Å²) in [6.45, 7) is 7.55. The third kappa shape index (κ3) is 3.87. The number of fused-ring (bicyclic) bond motifs is 1. The van der Waals surface area contributed by atoms with Crippen molar-refractivity contribution in [3.8, 4) is 17.2 Å². The number of anilines is 1. The fourth-order valence-electron chi connectivity index (χ4n) is 4.26. The predicted molar refractivity (Wildman–Crippen MR) is 112 cm³/mol. The number of nitrogens with one attached hydrogen (secondary N) is 1. The molecule has 1 fully saturated rings. The highest BCUT2D eigenvalue weighted by atomic mass is 32.2. The van der Waals surface area contributed by atoms with Crippen LogP contribution in [0.15, 0.2) is 30.9 Å². The molecule has 1 unspecified atom stereocenters. The summed E-state index contributed by atoms with van der Waals surface area (Å²) in [7, 11) is -3.44. The first-order valence-electron chi connectivity index (χ1n) is 9.67. The maximum Gasteiger partial charge on any atom is 0.229 e. The maximum atomic E-state index is 11.6. The van der Waals surface area contributed by atoms with Crippen molar-refractivity contribution in [3.63, 3.8) is 0 Å². The topological polar surface area (TPSA) is 109 Å². The van der Waals surface area contributed by atoms with E-state index in [1.807, 2.05) is 10.9 Å². The van der Waals surface area contributed by atoms with Gasteiger partial charge in [0.2, 0.25) is 15.7 Å². The molecule has 3 heterocycles. The average molecular weight is 424 g/mol.